The Morgan fingerprint density at radius 3 is 2.74 bits per heavy atom. The van der Waals surface area contributed by atoms with E-state index in [0.717, 1.165) is 22.2 Å². The van der Waals surface area contributed by atoms with Gasteiger partial charge < -0.3 is 18.8 Å². The van der Waals surface area contributed by atoms with Crippen LogP contribution in [0.15, 0.2) is 60.5 Å². The van der Waals surface area contributed by atoms with Gasteiger partial charge in [-0.25, -0.2) is 4.39 Å². The Morgan fingerprint density at radius 2 is 1.97 bits per heavy atom. The number of fused-ring (bicyclic) bond motifs is 2. The number of hydrogen-bond acceptors (Lipinski definition) is 4. The zero-order chi connectivity index (χ0) is 24.0. The molecular weight excluding hydrogens is 457 g/mol. The van der Waals surface area contributed by atoms with Gasteiger partial charge in [-0.15, -0.1) is 0 Å². The number of aryl methyl sites for hydroxylation is 1. The van der Waals surface area contributed by atoms with E-state index in [1.165, 1.54) is 12.1 Å². The molecule has 1 aliphatic heterocycles. The van der Waals surface area contributed by atoms with Crippen molar-refractivity contribution in [2.45, 2.75) is 13.5 Å². The predicted octanol–water partition coefficient (Wildman–Crippen LogP) is 6.48. The van der Waals surface area contributed by atoms with Crippen LogP contribution in [0, 0.1) is 12.7 Å². The van der Waals surface area contributed by atoms with Crippen LogP contribution < -0.4 is 14.2 Å². The van der Waals surface area contributed by atoms with Crippen LogP contribution in [-0.2, 0) is 13.7 Å². The molecule has 5 nitrogen and oxygen atoms in total. The summed E-state index contributed by atoms with van der Waals surface area (Å²) in [4.78, 5) is 13.1. The number of aromatic nitrogens is 1. The number of Topliss-reactive ketones (excluding diaryl/α,β-unsaturated/α-hetero) is 1. The first-order chi connectivity index (χ1) is 16.4. The van der Waals surface area contributed by atoms with Crippen molar-refractivity contribution in [3.63, 3.8) is 0 Å². The van der Waals surface area contributed by atoms with Gasteiger partial charge in [0.15, 0.2) is 5.76 Å². The highest BCUT2D eigenvalue weighted by Crippen LogP contribution is 2.40. The van der Waals surface area contributed by atoms with Crippen molar-refractivity contribution in [3.05, 3.63) is 93.6 Å². The van der Waals surface area contributed by atoms with Gasteiger partial charge in [-0.1, -0.05) is 17.7 Å². The zero-order valence-electron chi connectivity index (χ0n) is 18.8. The lowest BCUT2D eigenvalue weighted by Crippen LogP contribution is -1.99. The molecule has 0 N–H and O–H groups in total. The van der Waals surface area contributed by atoms with Gasteiger partial charge >= 0.3 is 0 Å². The Morgan fingerprint density at radius 1 is 1.15 bits per heavy atom. The number of carbonyl (C=O) groups is 1. The van der Waals surface area contributed by atoms with Crippen LogP contribution in [0.1, 0.15) is 27.0 Å². The van der Waals surface area contributed by atoms with Gasteiger partial charge in [-0.05, 0) is 55.5 Å². The van der Waals surface area contributed by atoms with Gasteiger partial charge in [0.2, 0.25) is 5.78 Å². The van der Waals surface area contributed by atoms with Crippen molar-refractivity contribution in [2.75, 3.05) is 7.11 Å². The van der Waals surface area contributed by atoms with Crippen molar-refractivity contribution < 1.29 is 23.4 Å². The fourth-order valence-corrected chi connectivity index (χ4v) is 4.33. The third-order valence-corrected chi connectivity index (χ3v) is 6.30. The molecule has 7 heteroatoms. The van der Waals surface area contributed by atoms with Crippen LogP contribution in [0.25, 0.3) is 17.0 Å². The molecule has 0 saturated carbocycles. The number of carbonyl (C=O) groups excluding carboxylic acids is 1. The highest BCUT2D eigenvalue weighted by molar-refractivity contribution is 6.31. The van der Waals surface area contributed by atoms with E-state index < -0.39 is 5.82 Å². The lowest BCUT2D eigenvalue weighted by molar-refractivity contribution is 0.101. The number of hydrogen-bond donors (Lipinski definition) is 0. The SMILES string of the molecule is COc1ccc2c(c1)c(/C=C1\Oc3c(ccc(OCc4ccc(F)cc4Cl)c3C)C1=O)cn2C. The molecule has 3 aromatic carbocycles. The second-order valence-electron chi connectivity index (χ2n) is 8.11. The number of benzene rings is 3. The van der Waals surface area contributed by atoms with Crippen LogP contribution in [0.5, 0.6) is 17.2 Å². The van der Waals surface area contributed by atoms with Crippen molar-refractivity contribution in [3.8, 4) is 17.2 Å². The lowest BCUT2D eigenvalue weighted by Gasteiger charge is -2.12. The summed E-state index contributed by atoms with van der Waals surface area (Å²) in [7, 11) is 3.57. The maximum atomic E-state index is 13.3. The molecule has 0 unspecified atom stereocenters. The van der Waals surface area contributed by atoms with Gasteiger partial charge in [0.1, 0.15) is 29.7 Å². The van der Waals surface area contributed by atoms with Crippen LogP contribution in [0.2, 0.25) is 5.02 Å². The highest BCUT2D eigenvalue weighted by atomic mass is 35.5. The summed E-state index contributed by atoms with van der Waals surface area (Å²) in [6.07, 6.45) is 3.70. The Bertz CT molecular complexity index is 1490. The minimum absolute atomic E-state index is 0.160. The molecule has 0 bridgehead atoms. The van der Waals surface area contributed by atoms with Crippen molar-refractivity contribution in [1.82, 2.24) is 4.57 Å². The maximum Gasteiger partial charge on any atom is 0.231 e. The van der Waals surface area contributed by atoms with Crippen molar-refractivity contribution in [1.29, 1.82) is 0 Å². The molecule has 5 rings (SSSR count). The molecule has 0 spiro atoms. The minimum Gasteiger partial charge on any atom is -0.497 e. The molecule has 2 heterocycles. The van der Waals surface area contributed by atoms with Crippen LogP contribution in [0.3, 0.4) is 0 Å². The average molecular weight is 478 g/mol. The van der Waals surface area contributed by atoms with E-state index in [9.17, 15) is 9.18 Å². The van der Waals surface area contributed by atoms with Crippen molar-refractivity contribution >= 4 is 34.4 Å². The largest absolute Gasteiger partial charge is 0.497 e. The lowest BCUT2D eigenvalue weighted by atomic mass is 10.1. The number of methoxy groups -OCH3 is 1. The van der Waals surface area contributed by atoms with Gasteiger partial charge in [0.05, 0.1) is 17.7 Å². The van der Waals surface area contributed by atoms with E-state index in [-0.39, 0.29) is 18.1 Å². The fourth-order valence-electron chi connectivity index (χ4n) is 4.10. The number of nitrogens with zero attached hydrogens (tertiary/aromatic N) is 1. The first-order valence-electron chi connectivity index (χ1n) is 10.6. The Hall–Kier alpha value is -3.77. The van der Waals surface area contributed by atoms with E-state index >= 15 is 0 Å². The maximum absolute atomic E-state index is 13.3. The Balaban J connectivity index is 1.44. The summed E-state index contributed by atoms with van der Waals surface area (Å²) in [6, 6.07) is 13.4. The number of allylic oxidation sites excluding steroid dienone is 1. The van der Waals surface area contributed by atoms with E-state index in [1.54, 1.807) is 31.4 Å². The molecule has 172 valence electrons. The first kappa shape index (κ1) is 22.0. The fraction of sp³-hybridized carbons (Fsp3) is 0.148. The molecule has 1 aromatic heterocycles. The summed E-state index contributed by atoms with van der Waals surface area (Å²) in [5, 5.41) is 1.25. The van der Waals surface area contributed by atoms with E-state index in [4.69, 9.17) is 25.8 Å². The number of ketones is 1. The van der Waals surface area contributed by atoms with Gasteiger partial charge in [-0.2, -0.15) is 0 Å². The second kappa shape index (κ2) is 8.54. The van der Waals surface area contributed by atoms with Gasteiger partial charge in [0, 0.05) is 40.8 Å². The quantitative estimate of drug-likeness (QED) is 0.308. The third-order valence-electron chi connectivity index (χ3n) is 5.95. The molecule has 0 amide bonds. The summed E-state index contributed by atoms with van der Waals surface area (Å²) in [6.45, 7) is 1.99. The molecule has 1 aliphatic rings. The molecule has 34 heavy (non-hydrogen) atoms. The van der Waals surface area contributed by atoms with E-state index in [2.05, 4.69) is 0 Å². The van der Waals surface area contributed by atoms with Crippen LogP contribution in [0.4, 0.5) is 4.39 Å². The first-order valence-corrected chi connectivity index (χ1v) is 11.0. The van der Waals surface area contributed by atoms with Crippen LogP contribution >= 0.6 is 11.6 Å². The number of rotatable bonds is 5. The normalized spacial score (nSPS) is 13.9. The van der Waals surface area contributed by atoms with E-state index in [1.807, 2.05) is 42.9 Å². The molecule has 0 radical (unpaired) electrons. The molecule has 0 aliphatic carbocycles. The molecular formula is C27H21ClFNO4. The van der Waals surface area contributed by atoms with Crippen LogP contribution in [-0.4, -0.2) is 17.5 Å². The summed E-state index contributed by atoms with van der Waals surface area (Å²) in [5.41, 5.74) is 3.71. The molecule has 4 aromatic rings. The number of halogens is 2. The second-order valence-corrected chi connectivity index (χ2v) is 8.52. The standard InChI is InChI=1S/C27H21ClFNO4/c1-15-24(33-14-16-4-5-18(29)11-22(16)28)9-7-20-26(31)25(34-27(15)20)10-17-13-30(2)23-8-6-19(32-3)12-21(17)23/h4-13H,14H2,1-3H3/b25-10-. The van der Waals surface area contributed by atoms with Crippen molar-refractivity contribution in [2.24, 2.45) is 7.05 Å². The highest BCUT2D eigenvalue weighted by Gasteiger charge is 2.30. The smallest absolute Gasteiger partial charge is 0.231 e. The third kappa shape index (κ3) is 3.80. The average Bonchev–Trinajstić information content (AvgIpc) is 3.31. The number of ether oxygens (including phenoxy) is 3. The van der Waals surface area contributed by atoms with Gasteiger partial charge in [0.25, 0.3) is 0 Å². The zero-order valence-corrected chi connectivity index (χ0v) is 19.6. The Labute approximate surface area is 200 Å². The summed E-state index contributed by atoms with van der Waals surface area (Å²) >= 11 is 6.10. The molecule has 0 saturated heterocycles. The summed E-state index contributed by atoms with van der Waals surface area (Å²) in [5.74, 6) is 1.41. The molecule has 0 atom stereocenters. The Kier molecular flexibility index (Phi) is 5.54. The summed E-state index contributed by atoms with van der Waals surface area (Å²) < 4.78 is 32.6. The molecule has 0 fully saturated rings. The monoisotopic (exact) mass is 477 g/mol. The topological polar surface area (TPSA) is 49.7 Å². The minimum atomic E-state index is -0.404. The predicted molar refractivity (Wildman–Crippen MR) is 129 cm³/mol. The van der Waals surface area contributed by atoms with Gasteiger partial charge in [-0.3, -0.25) is 4.79 Å². The van der Waals surface area contributed by atoms with E-state index in [0.29, 0.717) is 33.2 Å².